The minimum absolute atomic E-state index is 0. The molecule has 2 aliphatic heterocycles. The van der Waals surface area contributed by atoms with Gasteiger partial charge in [0.2, 0.25) is 0 Å². The first-order chi connectivity index (χ1) is 13.9. The summed E-state index contributed by atoms with van der Waals surface area (Å²) in [4.78, 5) is 19.3. The minimum atomic E-state index is -1.01. The van der Waals surface area contributed by atoms with E-state index in [1.54, 1.807) is 32.2 Å². The SMILES string of the molecule is COc1cccc([C@H]2C(C(=O)O)=C(C)N=C3SC(c4c(Cl)cccc4Cl)=CN32)c1.Cl.Cl. The minimum Gasteiger partial charge on any atom is -0.497 e. The summed E-state index contributed by atoms with van der Waals surface area (Å²) < 4.78 is 5.33. The molecule has 0 aromatic heterocycles. The summed E-state index contributed by atoms with van der Waals surface area (Å²) in [5.74, 6) is -0.361. The van der Waals surface area contributed by atoms with Crippen LogP contribution in [0.25, 0.3) is 4.91 Å². The maximum absolute atomic E-state index is 12.1. The van der Waals surface area contributed by atoms with Crippen LogP contribution in [0.1, 0.15) is 24.1 Å². The van der Waals surface area contributed by atoms with Crippen LogP contribution in [0.3, 0.4) is 0 Å². The molecular weight excluding hydrogens is 502 g/mol. The maximum atomic E-state index is 12.1. The Morgan fingerprint density at radius 2 is 1.81 bits per heavy atom. The van der Waals surface area contributed by atoms with Crippen molar-refractivity contribution in [3.63, 3.8) is 0 Å². The first-order valence-corrected chi connectivity index (χ1v) is 10.3. The van der Waals surface area contributed by atoms with Gasteiger partial charge < -0.3 is 14.7 Å². The molecule has 2 heterocycles. The van der Waals surface area contributed by atoms with Crippen LogP contribution in [-0.2, 0) is 4.79 Å². The van der Waals surface area contributed by atoms with E-state index in [9.17, 15) is 9.90 Å². The van der Waals surface area contributed by atoms with E-state index in [0.717, 1.165) is 10.5 Å². The molecule has 0 spiro atoms. The molecule has 31 heavy (non-hydrogen) atoms. The fourth-order valence-electron chi connectivity index (χ4n) is 3.42. The number of aliphatic imine (C=N–C) groups is 1. The number of carbonyl (C=O) groups is 1. The Bertz CT molecular complexity index is 1100. The second kappa shape index (κ2) is 10.2. The van der Waals surface area contributed by atoms with Crippen molar-refractivity contribution in [3.05, 3.63) is 81.1 Å². The number of hydrogen-bond acceptors (Lipinski definition) is 5. The van der Waals surface area contributed by atoms with E-state index in [2.05, 4.69) is 4.99 Å². The van der Waals surface area contributed by atoms with Gasteiger partial charge >= 0.3 is 5.97 Å². The summed E-state index contributed by atoms with van der Waals surface area (Å²) >= 11 is 14.2. The zero-order chi connectivity index (χ0) is 20.7. The number of nitrogens with zero attached hydrogens (tertiary/aromatic N) is 2. The van der Waals surface area contributed by atoms with Gasteiger partial charge in [0.05, 0.1) is 34.5 Å². The predicted octanol–water partition coefficient (Wildman–Crippen LogP) is 6.66. The van der Waals surface area contributed by atoms with Gasteiger partial charge in [-0.3, -0.25) is 0 Å². The lowest BCUT2D eigenvalue weighted by atomic mass is 9.94. The molecule has 0 bridgehead atoms. The maximum Gasteiger partial charge on any atom is 0.335 e. The molecule has 1 atom stereocenters. The normalized spacial score (nSPS) is 17.2. The number of rotatable bonds is 4. The molecule has 0 saturated carbocycles. The monoisotopic (exact) mass is 518 g/mol. The molecule has 2 aromatic carbocycles. The van der Waals surface area contributed by atoms with Crippen molar-refractivity contribution in [2.45, 2.75) is 13.0 Å². The number of hydrogen-bond donors (Lipinski definition) is 1. The van der Waals surface area contributed by atoms with Gasteiger partial charge in [0.25, 0.3) is 0 Å². The van der Waals surface area contributed by atoms with Crippen molar-refractivity contribution in [2.24, 2.45) is 4.99 Å². The van der Waals surface area contributed by atoms with E-state index in [1.807, 2.05) is 35.4 Å². The van der Waals surface area contributed by atoms with Crippen LogP contribution < -0.4 is 4.74 Å². The Balaban J connectivity index is 0.00000171. The summed E-state index contributed by atoms with van der Waals surface area (Å²) in [5, 5.41) is 11.6. The zero-order valence-corrected chi connectivity index (χ0v) is 20.3. The summed E-state index contributed by atoms with van der Waals surface area (Å²) in [7, 11) is 1.58. The molecule has 0 amide bonds. The molecule has 10 heteroatoms. The average Bonchev–Trinajstić information content (AvgIpc) is 3.09. The van der Waals surface area contributed by atoms with E-state index >= 15 is 0 Å². The van der Waals surface area contributed by atoms with Crippen molar-refractivity contribution in [1.82, 2.24) is 4.90 Å². The number of aliphatic carboxylic acids is 1. The van der Waals surface area contributed by atoms with Gasteiger partial charge in [0, 0.05) is 16.7 Å². The van der Waals surface area contributed by atoms with Crippen molar-refractivity contribution in [1.29, 1.82) is 0 Å². The first-order valence-electron chi connectivity index (χ1n) is 8.69. The van der Waals surface area contributed by atoms with Gasteiger partial charge in [-0.05, 0) is 48.5 Å². The third kappa shape index (κ3) is 4.69. The number of carboxylic acids is 1. The van der Waals surface area contributed by atoms with E-state index in [0.29, 0.717) is 32.2 Å². The molecule has 5 nitrogen and oxygen atoms in total. The highest BCUT2D eigenvalue weighted by atomic mass is 35.5. The average molecular weight is 520 g/mol. The highest BCUT2D eigenvalue weighted by molar-refractivity contribution is 8.22. The van der Waals surface area contributed by atoms with Gasteiger partial charge in [-0.2, -0.15) is 0 Å². The summed E-state index contributed by atoms with van der Waals surface area (Å²) in [6.45, 7) is 1.71. The zero-order valence-electron chi connectivity index (χ0n) is 16.3. The number of benzene rings is 2. The largest absolute Gasteiger partial charge is 0.497 e. The second-order valence-electron chi connectivity index (χ2n) is 6.48. The van der Waals surface area contributed by atoms with Gasteiger partial charge in [-0.25, -0.2) is 9.79 Å². The van der Waals surface area contributed by atoms with Crippen LogP contribution >= 0.6 is 59.8 Å². The van der Waals surface area contributed by atoms with Crippen LogP contribution in [0.5, 0.6) is 5.75 Å². The molecule has 164 valence electrons. The van der Waals surface area contributed by atoms with Gasteiger partial charge in [-0.1, -0.05) is 41.4 Å². The number of amidine groups is 1. The molecule has 4 rings (SSSR count). The molecule has 2 aromatic rings. The summed E-state index contributed by atoms with van der Waals surface area (Å²) in [6.07, 6.45) is 1.86. The Morgan fingerprint density at radius 1 is 1.16 bits per heavy atom. The predicted molar refractivity (Wildman–Crippen MR) is 132 cm³/mol. The molecule has 0 fully saturated rings. The lowest BCUT2D eigenvalue weighted by Gasteiger charge is -2.32. The number of allylic oxidation sites excluding steroid dienone is 1. The molecular formula is C21H18Cl4N2O3S. The van der Waals surface area contributed by atoms with Crippen LogP contribution in [-0.4, -0.2) is 28.3 Å². The third-order valence-electron chi connectivity index (χ3n) is 4.73. The van der Waals surface area contributed by atoms with Gasteiger partial charge in [-0.15, -0.1) is 24.8 Å². The van der Waals surface area contributed by atoms with Crippen LogP contribution in [0.4, 0.5) is 0 Å². The molecule has 0 unspecified atom stereocenters. The van der Waals surface area contributed by atoms with Crippen molar-refractivity contribution in [3.8, 4) is 5.75 Å². The number of thioether (sulfide) groups is 1. The molecule has 2 aliphatic rings. The van der Waals surface area contributed by atoms with Crippen LogP contribution in [0.15, 0.2) is 64.9 Å². The Labute approximate surface area is 206 Å². The Hall–Kier alpha value is -1.83. The highest BCUT2D eigenvalue weighted by Gasteiger charge is 2.39. The number of halogens is 4. The smallest absolute Gasteiger partial charge is 0.335 e. The lowest BCUT2D eigenvalue weighted by Crippen LogP contribution is -2.33. The fraction of sp³-hybridized carbons (Fsp3) is 0.143. The number of carboxylic acid groups (broad SMARTS) is 1. The lowest BCUT2D eigenvalue weighted by molar-refractivity contribution is -0.133. The number of ether oxygens (including phenoxy) is 1. The van der Waals surface area contributed by atoms with Crippen molar-refractivity contribution < 1.29 is 14.6 Å². The van der Waals surface area contributed by atoms with Crippen molar-refractivity contribution >= 4 is 75.8 Å². The van der Waals surface area contributed by atoms with Gasteiger partial charge in [0.1, 0.15) is 5.75 Å². The number of methoxy groups -OCH3 is 1. The topological polar surface area (TPSA) is 62.1 Å². The van der Waals surface area contributed by atoms with Crippen LogP contribution in [0.2, 0.25) is 10.0 Å². The van der Waals surface area contributed by atoms with Crippen LogP contribution in [0, 0.1) is 0 Å². The van der Waals surface area contributed by atoms with E-state index < -0.39 is 12.0 Å². The third-order valence-corrected chi connectivity index (χ3v) is 6.38. The first kappa shape index (κ1) is 25.4. The van der Waals surface area contributed by atoms with Crippen molar-refractivity contribution in [2.75, 3.05) is 7.11 Å². The molecule has 0 saturated heterocycles. The Kier molecular flexibility index (Phi) is 8.36. The Morgan fingerprint density at radius 3 is 2.42 bits per heavy atom. The quantitative estimate of drug-likeness (QED) is 0.489. The molecule has 1 N–H and O–H groups in total. The summed E-state index contributed by atoms with van der Waals surface area (Å²) in [6, 6.07) is 12.2. The van der Waals surface area contributed by atoms with E-state index in [1.165, 1.54) is 11.8 Å². The fourth-order valence-corrected chi connectivity index (χ4v) is 5.27. The number of fused-ring (bicyclic) bond motifs is 1. The van der Waals surface area contributed by atoms with E-state index in [-0.39, 0.29) is 30.4 Å². The molecule has 0 aliphatic carbocycles. The van der Waals surface area contributed by atoms with Gasteiger partial charge in [0.15, 0.2) is 5.17 Å². The molecule has 0 radical (unpaired) electrons. The highest BCUT2D eigenvalue weighted by Crippen LogP contribution is 2.48. The standard InChI is InChI=1S/C21H16Cl2N2O3S.2ClH/c1-11-17(20(26)27)19(12-5-3-6-13(9-12)28-2)25-10-16(29-21(25)24-11)18-14(22)7-4-8-15(18)23;;/h3-10,19H,1-2H3,(H,26,27);2*1H/t19-;;/m0../s1. The summed E-state index contributed by atoms with van der Waals surface area (Å²) in [5.41, 5.74) is 2.17. The van der Waals surface area contributed by atoms with E-state index in [4.69, 9.17) is 27.9 Å². The second-order valence-corrected chi connectivity index (χ2v) is 8.30.